The van der Waals surface area contributed by atoms with Gasteiger partial charge in [0.05, 0.1) is 6.54 Å². The monoisotopic (exact) mass is 183 g/mol. The topological polar surface area (TPSA) is 54.8 Å². The van der Waals surface area contributed by atoms with Gasteiger partial charge in [-0.1, -0.05) is 6.92 Å². The van der Waals surface area contributed by atoms with Gasteiger partial charge in [-0.3, -0.25) is 4.57 Å². The van der Waals surface area contributed by atoms with E-state index in [9.17, 15) is 0 Å². The number of nitrogens with zero attached hydrogens (tertiary/aromatic N) is 3. The molecule has 5 heteroatoms. The Kier molecular flexibility index (Phi) is 3.70. The predicted octanol–water partition coefficient (Wildman–Crippen LogP) is 0.356. The van der Waals surface area contributed by atoms with Crippen molar-refractivity contribution in [2.45, 2.75) is 19.9 Å². The van der Waals surface area contributed by atoms with Crippen LogP contribution in [0.5, 0.6) is 0 Å². The number of nitrogens with one attached hydrogen (secondary N) is 2. The van der Waals surface area contributed by atoms with Crippen LogP contribution in [0.1, 0.15) is 19.2 Å². The van der Waals surface area contributed by atoms with Crippen LogP contribution in [0.3, 0.4) is 0 Å². The minimum Gasteiger partial charge on any atom is -0.357 e. The lowest BCUT2D eigenvalue weighted by molar-refractivity contribution is 0.629. The van der Waals surface area contributed by atoms with E-state index in [0.29, 0.717) is 0 Å². The van der Waals surface area contributed by atoms with Gasteiger partial charge in [-0.2, -0.15) is 0 Å². The molecule has 0 aliphatic carbocycles. The van der Waals surface area contributed by atoms with Gasteiger partial charge in [0.15, 0.2) is 0 Å². The molecular weight excluding hydrogens is 166 g/mol. The van der Waals surface area contributed by atoms with E-state index in [2.05, 4.69) is 27.8 Å². The Morgan fingerprint density at radius 2 is 2.15 bits per heavy atom. The summed E-state index contributed by atoms with van der Waals surface area (Å²) >= 11 is 0. The first kappa shape index (κ1) is 9.98. The summed E-state index contributed by atoms with van der Waals surface area (Å²) in [6.45, 7) is 3.93. The van der Waals surface area contributed by atoms with Crippen LogP contribution >= 0.6 is 0 Å². The second-order valence-corrected chi connectivity index (χ2v) is 2.93. The van der Waals surface area contributed by atoms with Crippen LogP contribution in [0.15, 0.2) is 0 Å². The fourth-order valence-electron chi connectivity index (χ4n) is 1.11. The van der Waals surface area contributed by atoms with E-state index in [1.807, 2.05) is 18.7 Å². The lowest BCUT2D eigenvalue weighted by atomic mass is 10.4. The van der Waals surface area contributed by atoms with Crippen molar-refractivity contribution < 1.29 is 0 Å². The molecule has 0 spiro atoms. The molecule has 1 aromatic heterocycles. The first-order chi connectivity index (χ1) is 6.29. The summed E-state index contributed by atoms with van der Waals surface area (Å²) in [5.74, 6) is 1.76. The molecule has 0 bridgehead atoms. The highest BCUT2D eigenvalue weighted by atomic mass is 15.3. The third-order valence-corrected chi connectivity index (χ3v) is 1.90. The Morgan fingerprint density at radius 1 is 1.38 bits per heavy atom. The van der Waals surface area contributed by atoms with E-state index >= 15 is 0 Å². The summed E-state index contributed by atoms with van der Waals surface area (Å²) in [7, 11) is 3.79. The SMILES string of the molecule is CCCNCc1nnc(NC)n1C. The van der Waals surface area contributed by atoms with Gasteiger partial charge in [0.1, 0.15) is 5.82 Å². The minimum absolute atomic E-state index is 0.777. The fourth-order valence-corrected chi connectivity index (χ4v) is 1.11. The maximum absolute atomic E-state index is 4.05. The fraction of sp³-hybridized carbons (Fsp3) is 0.750. The normalized spacial score (nSPS) is 10.4. The molecule has 74 valence electrons. The first-order valence-electron chi connectivity index (χ1n) is 4.56. The van der Waals surface area contributed by atoms with Crippen LogP contribution in [-0.4, -0.2) is 28.4 Å². The van der Waals surface area contributed by atoms with Gasteiger partial charge < -0.3 is 10.6 Å². The molecule has 0 amide bonds. The smallest absolute Gasteiger partial charge is 0.224 e. The summed E-state index contributed by atoms with van der Waals surface area (Å²) in [5, 5.41) is 14.3. The van der Waals surface area contributed by atoms with Crippen LogP contribution in [0.25, 0.3) is 0 Å². The zero-order valence-electron chi connectivity index (χ0n) is 8.46. The molecule has 1 rings (SSSR count). The second kappa shape index (κ2) is 4.81. The molecule has 1 heterocycles. The first-order valence-corrected chi connectivity index (χ1v) is 4.56. The average Bonchev–Trinajstić information content (AvgIpc) is 2.48. The van der Waals surface area contributed by atoms with E-state index in [1.54, 1.807) is 0 Å². The predicted molar refractivity (Wildman–Crippen MR) is 52.5 cm³/mol. The Hall–Kier alpha value is -1.10. The molecule has 13 heavy (non-hydrogen) atoms. The minimum atomic E-state index is 0.777. The molecule has 0 radical (unpaired) electrons. The number of aromatic nitrogens is 3. The Labute approximate surface area is 78.5 Å². The maximum atomic E-state index is 4.05. The molecule has 0 aliphatic heterocycles. The quantitative estimate of drug-likeness (QED) is 0.647. The molecule has 0 saturated heterocycles. The van der Waals surface area contributed by atoms with Crippen LogP contribution in [0.4, 0.5) is 5.95 Å². The molecule has 1 aromatic rings. The van der Waals surface area contributed by atoms with Crippen LogP contribution in [-0.2, 0) is 13.6 Å². The standard InChI is InChI=1S/C8H17N5/c1-4-5-10-6-7-11-12-8(9-2)13(7)3/h10H,4-6H2,1-3H3,(H,9,12). The zero-order valence-corrected chi connectivity index (χ0v) is 8.46. The highest BCUT2D eigenvalue weighted by Gasteiger charge is 2.04. The molecule has 0 atom stereocenters. The lowest BCUT2D eigenvalue weighted by Gasteiger charge is -2.03. The number of hydrogen-bond donors (Lipinski definition) is 2. The summed E-state index contributed by atoms with van der Waals surface area (Å²) in [4.78, 5) is 0. The van der Waals surface area contributed by atoms with E-state index < -0.39 is 0 Å². The van der Waals surface area contributed by atoms with Crippen LogP contribution < -0.4 is 10.6 Å². The molecule has 5 nitrogen and oxygen atoms in total. The van der Waals surface area contributed by atoms with Gasteiger partial charge in [0, 0.05) is 14.1 Å². The summed E-state index contributed by atoms with van der Waals surface area (Å²) in [6.07, 6.45) is 1.14. The maximum Gasteiger partial charge on any atom is 0.224 e. The third-order valence-electron chi connectivity index (χ3n) is 1.90. The van der Waals surface area contributed by atoms with Crippen molar-refractivity contribution in [3.05, 3.63) is 5.82 Å². The van der Waals surface area contributed by atoms with Crippen molar-refractivity contribution in [1.29, 1.82) is 0 Å². The number of hydrogen-bond acceptors (Lipinski definition) is 4. The van der Waals surface area contributed by atoms with Crippen molar-refractivity contribution in [3.8, 4) is 0 Å². The molecule has 0 aliphatic rings. The van der Waals surface area contributed by atoms with Crippen LogP contribution in [0, 0.1) is 0 Å². The van der Waals surface area contributed by atoms with Crippen molar-refractivity contribution in [1.82, 2.24) is 20.1 Å². The molecule has 0 saturated carbocycles. The Morgan fingerprint density at radius 3 is 2.69 bits per heavy atom. The molecule has 0 aromatic carbocycles. The lowest BCUT2D eigenvalue weighted by Crippen LogP contribution is -2.17. The van der Waals surface area contributed by atoms with Gasteiger partial charge in [0.25, 0.3) is 0 Å². The van der Waals surface area contributed by atoms with Crippen molar-refractivity contribution in [2.75, 3.05) is 18.9 Å². The summed E-state index contributed by atoms with van der Waals surface area (Å²) in [6, 6.07) is 0. The van der Waals surface area contributed by atoms with Gasteiger partial charge in [-0.15, -0.1) is 10.2 Å². The Bertz CT molecular complexity index is 255. The zero-order chi connectivity index (χ0) is 9.68. The summed E-state index contributed by atoms with van der Waals surface area (Å²) < 4.78 is 1.95. The largest absolute Gasteiger partial charge is 0.357 e. The number of anilines is 1. The van der Waals surface area contributed by atoms with Gasteiger partial charge >= 0.3 is 0 Å². The van der Waals surface area contributed by atoms with Crippen molar-refractivity contribution >= 4 is 5.95 Å². The molecular formula is C8H17N5. The van der Waals surface area contributed by atoms with E-state index in [4.69, 9.17) is 0 Å². The van der Waals surface area contributed by atoms with Crippen molar-refractivity contribution in [2.24, 2.45) is 7.05 Å². The van der Waals surface area contributed by atoms with Gasteiger partial charge in [-0.05, 0) is 13.0 Å². The highest BCUT2D eigenvalue weighted by molar-refractivity contribution is 5.23. The number of rotatable bonds is 5. The molecule has 0 unspecified atom stereocenters. The Balaban J connectivity index is 2.51. The van der Waals surface area contributed by atoms with Gasteiger partial charge in [-0.25, -0.2) is 0 Å². The van der Waals surface area contributed by atoms with E-state index in [-0.39, 0.29) is 0 Å². The van der Waals surface area contributed by atoms with E-state index in [1.165, 1.54) is 0 Å². The summed E-state index contributed by atoms with van der Waals surface area (Å²) in [5.41, 5.74) is 0. The second-order valence-electron chi connectivity index (χ2n) is 2.93. The van der Waals surface area contributed by atoms with Gasteiger partial charge in [0.2, 0.25) is 5.95 Å². The highest BCUT2D eigenvalue weighted by Crippen LogP contribution is 2.02. The van der Waals surface area contributed by atoms with Crippen LogP contribution in [0.2, 0.25) is 0 Å². The van der Waals surface area contributed by atoms with Crippen molar-refractivity contribution in [3.63, 3.8) is 0 Å². The third kappa shape index (κ3) is 2.42. The van der Waals surface area contributed by atoms with E-state index in [0.717, 1.165) is 31.3 Å². The molecule has 0 fully saturated rings. The molecule has 2 N–H and O–H groups in total. The average molecular weight is 183 g/mol.